The lowest BCUT2D eigenvalue weighted by Gasteiger charge is -2.18. The van der Waals surface area contributed by atoms with Crippen LogP contribution in [0, 0.1) is 0 Å². The molecule has 0 heterocycles. The number of ether oxygens (including phenoxy) is 3. The Bertz CT molecular complexity index is 342. The summed E-state index contributed by atoms with van der Waals surface area (Å²) >= 11 is 0. The first-order valence-electron chi connectivity index (χ1n) is 5.80. The molecule has 5 nitrogen and oxygen atoms in total. The minimum absolute atomic E-state index is 0.225. The number of esters is 2. The van der Waals surface area contributed by atoms with Crippen LogP contribution in [-0.2, 0) is 23.8 Å². The third-order valence-electron chi connectivity index (χ3n) is 1.91. The van der Waals surface area contributed by atoms with Crippen LogP contribution in [0.3, 0.4) is 0 Å². The third-order valence-corrected chi connectivity index (χ3v) is 1.91. The molecule has 0 aliphatic carbocycles. The zero-order chi connectivity index (χ0) is 14.8. The Morgan fingerprint density at radius 1 is 1.11 bits per heavy atom. The van der Waals surface area contributed by atoms with Crippen LogP contribution in [0.2, 0.25) is 0 Å². The normalized spacial score (nSPS) is 9.84. The highest BCUT2D eigenvalue weighted by molar-refractivity contribution is 5.88. The van der Waals surface area contributed by atoms with Gasteiger partial charge in [-0.3, -0.25) is 0 Å². The van der Waals surface area contributed by atoms with E-state index in [0.29, 0.717) is 6.61 Å². The van der Waals surface area contributed by atoms with Gasteiger partial charge in [0.25, 0.3) is 0 Å². The molecule has 5 heteroatoms. The Morgan fingerprint density at radius 2 is 1.58 bits per heavy atom. The molecule has 0 atom stereocenters. The van der Waals surface area contributed by atoms with Crippen LogP contribution >= 0.6 is 0 Å². The zero-order valence-corrected chi connectivity index (χ0v) is 11.4. The summed E-state index contributed by atoms with van der Waals surface area (Å²) in [6, 6.07) is 0. The van der Waals surface area contributed by atoms with Crippen LogP contribution < -0.4 is 0 Å². The molecule has 0 radical (unpaired) electrons. The molecule has 0 saturated heterocycles. The summed E-state index contributed by atoms with van der Waals surface area (Å²) in [7, 11) is 0. The van der Waals surface area contributed by atoms with Crippen molar-refractivity contribution >= 4 is 11.9 Å². The highest BCUT2D eigenvalue weighted by Gasteiger charge is 2.19. The topological polar surface area (TPSA) is 61.8 Å². The van der Waals surface area contributed by atoms with Crippen LogP contribution in [0.15, 0.2) is 37.0 Å². The quantitative estimate of drug-likeness (QED) is 0.211. The van der Waals surface area contributed by atoms with E-state index in [4.69, 9.17) is 14.2 Å². The maximum atomic E-state index is 11.4. The van der Waals surface area contributed by atoms with Gasteiger partial charge < -0.3 is 14.2 Å². The molecule has 0 aromatic rings. The van der Waals surface area contributed by atoms with E-state index in [1.165, 1.54) is 13.8 Å². The maximum absolute atomic E-state index is 11.4. The molecule has 0 aliphatic heterocycles. The molecule has 0 amide bonds. The van der Waals surface area contributed by atoms with E-state index in [2.05, 4.69) is 19.7 Å². The predicted octanol–water partition coefficient (Wildman–Crippen LogP) is 2.14. The highest BCUT2D eigenvalue weighted by Crippen LogP contribution is 2.08. The van der Waals surface area contributed by atoms with Gasteiger partial charge >= 0.3 is 11.9 Å². The van der Waals surface area contributed by atoms with Crippen LogP contribution in [0.5, 0.6) is 0 Å². The fraction of sp³-hybridized carbons (Fsp3) is 0.429. The summed E-state index contributed by atoms with van der Waals surface area (Å²) in [5.41, 5.74) is 0.451. The first-order valence-corrected chi connectivity index (χ1v) is 5.80. The summed E-state index contributed by atoms with van der Waals surface area (Å²) < 4.78 is 15.1. The van der Waals surface area contributed by atoms with E-state index in [0.717, 1.165) is 0 Å². The Balaban J connectivity index is 4.41. The van der Waals surface area contributed by atoms with E-state index in [1.54, 1.807) is 6.08 Å². The fourth-order valence-electron chi connectivity index (χ4n) is 0.928. The van der Waals surface area contributed by atoms with Crippen molar-refractivity contribution in [1.29, 1.82) is 0 Å². The minimum Gasteiger partial charge on any atom is -0.422 e. The summed E-state index contributed by atoms with van der Waals surface area (Å²) in [6.07, 6.45) is 0.805. The Kier molecular flexibility index (Phi) is 8.20. The number of carbonyl (C=O) groups excluding carboxylic acids is 2. The van der Waals surface area contributed by atoms with Gasteiger partial charge in [-0.1, -0.05) is 19.2 Å². The zero-order valence-electron chi connectivity index (χ0n) is 11.4. The average molecular weight is 268 g/mol. The molecule has 0 bridgehead atoms. The molecule has 0 saturated carbocycles. The second kappa shape index (κ2) is 9.10. The monoisotopic (exact) mass is 268 g/mol. The van der Waals surface area contributed by atoms with Gasteiger partial charge in [0, 0.05) is 17.6 Å². The van der Waals surface area contributed by atoms with Crippen molar-refractivity contribution in [3.63, 3.8) is 0 Å². The molecule has 0 aliphatic rings. The van der Waals surface area contributed by atoms with Crippen LogP contribution in [-0.4, -0.2) is 31.4 Å². The highest BCUT2D eigenvalue weighted by atomic mass is 16.7. The van der Waals surface area contributed by atoms with Gasteiger partial charge in [0.05, 0.1) is 13.2 Å². The van der Waals surface area contributed by atoms with Gasteiger partial charge in [0.1, 0.15) is 0 Å². The lowest BCUT2D eigenvalue weighted by atomic mass is 10.3. The van der Waals surface area contributed by atoms with Crippen LogP contribution in [0.1, 0.15) is 20.3 Å². The van der Waals surface area contributed by atoms with E-state index in [9.17, 15) is 9.59 Å². The molecule has 0 unspecified atom stereocenters. The molecule has 0 aromatic carbocycles. The lowest BCUT2D eigenvalue weighted by Crippen LogP contribution is -2.26. The standard InChI is InChI=1S/C14H20O5/c1-6-8-17-9-7-12(18-13(15)10(2)3)19-14(16)11(4)5/h6,12H,1-2,4,7-9H2,3,5H3. The van der Waals surface area contributed by atoms with Crippen molar-refractivity contribution < 1.29 is 23.8 Å². The van der Waals surface area contributed by atoms with Gasteiger partial charge in [0.15, 0.2) is 0 Å². The van der Waals surface area contributed by atoms with Crippen molar-refractivity contribution in [2.24, 2.45) is 0 Å². The van der Waals surface area contributed by atoms with Gasteiger partial charge in [-0.05, 0) is 13.8 Å². The first kappa shape index (κ1) is 17.1. The lowest BCUT2D eigenvalue weighted by molar-refractivity contribution is -0.184. The van der Waals surface area contributed by atoms with Gasteiger partial charge in [-0.15, -0.1) is 6.58 Å². The average Bonchev–Trinajstić information content (AvgIpc) is 2.33. The second-order valence-electron chi connectivity index (χ2n) is 3.95. The van der Waals surface area contributed by atoms with Crippen molar-refractivity contribution in [3.05, 3.63) is 37.0 Å². The molecule has 19 heavy (non-hydrogen) atoms. The van der Waals surface area contributed by atoms with Crippen molar-refractivity contribution in [2.45, 2.75) is 26.6 Å². The van der Waals surface area contributed by atoms with Gasteiger partial charge in [-0.2, -0.15) is 0 Å². The fourth-order valence-corrected chi connectivity index (χ4v) is 0.928. The molecule has 0 rings (SSSR count). The molecule has 0 aromatic heterocycles. The van der Waals surface area contributed by atoms with Crippen molar-refractivity contribution in [1.82, 2.24) is 0 Å². The molecule has 106 valence electrons. The van der Waals surface area contributed by atoms with Gasteiger partial charge in [-0.25, -0.2) is 9.59 Å². The van der Waals surface area contributed by atoms with E-state index >= 15 is 0 Å². The Labute approximate surface area is 113 Å². The molecule has 0 N–H and O–H groups in total. The minimum atomic E-state index is -1.02. The summed E-state index contributed by atoms with van der Waals surface area (Å²) in [5.74, 6) is -1.24. The van der Waals surface area contributed by atoms with Crippen molar-refractivity contribution in [3.8, 4) is 0 Å². The smallest absolute Gasteiger partial charge is 0.336 e. The number of carbonyl (C=O) groups is 2. The van der Waals surface area contributed by atoms with Crippen molar-refractivity contribution in [2.75, 3.05) is 13.2 Å². The number of hydrogen-bond donors (Lipinski definition) is 0. The number of hydrogen-bond acceptors (Lipinski definition) is 5. The Hall–Kier alpha value is -1.88. The van der Waals surface area contributed by atoms with E-state index < -0.39 is 18.2 Å². The van der Waals surface area contributed by atoms with Crippen LogP contribution in [0.4, 0.5) is 0 Å². The summed E-state index contributed by atoms with van der Waals surface area (Å²) in [5, 5.41) is 0. The summed E-state index contributed by atoms with van der Waals surface area (Å²) in [6.45, 7) is 14.1. The molecule has 0 spiro atoms. The SMILES string of the molecule is C=CCOCCC(OC(=O)C(=C)C)OC(=O)C(=C)C. The van der Waals surface area contributed by atoms with Gasteiger partial charge in [0.2, 0.25) is 6.29 Å². The van der Waals surface area contributed by atoms with E-state index in [-0.39, 0.29) is 24.2 Å². The van der Waals surface area contributed by atoms with E-state index in [1.807, 2.05) is 0 Å². The third kappa shape index (κ3) is 7.94. The number of rotatable bonds is 9. The molecule has 0 fully saturated rings. The second-order valence-corrected chi connectivity index (χ2v) is 3.95. The maximum Gasteiger partial charge on any atom is 0.336 e. The van der Waals surface area contributed by atoms with Crippen LogP contribution in [0.25, 0.3) is 0 Å². The molecular weight excluding hydrogens is 248 g/mol. The largest absolute Gasteiger partial charge is 0.422 e. The molecular formula is C14H20O5. The predicted molar refractivity (Wildman–Crippen MR) is 71.2 cm³/mol. The first-order chi connectivity index (χ1) is 8.88. The Morgan fingerprint density at radius 3 is 1.95 bits per heavy atom. The summed E-state index contributed by atoms with van der Waals surface area (Å²) in [4.78, 5) is 22.8.